The Balaban J connectivity index is 1.41. The molecular formula is C19H25N7O. The lowest BCUT2D eigenvalue weighted by Gasteiger charge is -2.35. The molecule has 8 heteroatoms. The van der Waals surface area contributed by atoms with Crippen molar-refractivity contribution in [1.82, 2.24) is 24.8 Å². The van der Waals surface area contributed by atoms with Gasteiger partial charge in [-0.15, -0.1) is 0 Å². The van der Waals surface area contributed by atoms with Crippen LogP contribution in [0, 0.1) is 6.92 Å². The molecule has 0 aromatic carbocycles. The highest BCUT2D eigenvalue weighted by atomic mass is 16.2. The van der Waals surface area contributed by atoms with Gasteiger partial charge in [0.05, 0.1) is 0 Å². The molecule has 2 aliphatic heterocycles. The molecule has 0 N–H and O–H groups in total. The summed E-state index contributed by atoms with van der Waals surface area (Å²) in [6.45, 7) is 6.84. The molecule has 142 valence electrons. The zero-order chi connectivity index (χ0) is 18.6. The van der Waals surface area contributed by atoms with E-state index < -0.39 is 0 Å². The standard InChI is InChI=1S/C19H25N7O/c1-15-12-20-13-23-18(15)25-7-9-26(10-8-25)19(27)16-11-17(22-14-21-16)24-5-3-2-4-6-24/h11-14H,2-10H2,1H3. The highest BCUT2D eigenvalue weighted by molar-refractivity contribution is 5.93. The number of aromatic nitrogens is 4. The summed E-state index contributed by atoms with van der Waals surface area (Å²) in [6, 6.07) is 1.84. The van der Waals surface area contributed by atoms with E-state index in [9.17, 15) is 4.79 Å². The van der Waals surface area contributed by atoms with Crippen LogP contribution in [0.5, 0.6) is 0 Å². The van der Waals surface area contributed by atoms with Gasteiger partial charge in [-0.3, -0.25) is 4.79 Å². The maximum absolute atomic E-state index is 12.9. The first kappa shape index (κ1) is 17.6. The summed E-state index contributed by atoms with van der Waals surface area (Å²) >= 11 is 0. The van der Waals surface area contributed by atoms with E-state index in [1.54, 1.807) is 6.33 Å². The molecule has 2 fully saturated rings. The maximum atomic E-state index is 12.9. The number of amides is 1. The number of piperidine rings is 1. The number of carbonyl (C=O) groups is 1. The SMILES string of the molecule is Cc1cncnc1N1CCN(C(=O)c2cc(N3CCCCC3)ncn2)CC1. The molecule has 2 aliphatic rings. The lowest BCUT2D eigenvalue weighted by molar-refractivity contribution is 0.0740. The second-order valence-electron chi connectivity index (χ2n) is 7.12. The van der Waals surface area contributed by atoms with Gasteiger partial charge in [0, 0.05) is 57.1 Å². The summed E-state index contributed by atoms with van der Waals surface area (Å²) in [5, 5.41) is 0. The van der Waals surface area contributed by atoms with Crippen molar-refractivity contribution >= 4 is 17.5 Å². The summed E-state index contributed by atoms with van der Waals surface area (Å²) in [5.74, 6) is 1.80. The minimum atomic E-state index is -0.0188. The van der Waals surface area contributed by atoms with E-state index in [2.05, 4.69) is 29.7 Å². The molecule has 27 heavy (non-hydrogen) atoms. The average molecular weight is 367 g/mol. The molecule has 0 spiro atoms. The van der Waals surface area contributed by atoms with Crippen molar-refractivity contribution in [2.45, 2.75) is 26.2 Å². The van der Waals surface area contributed by atoms with Crippen molar-refractivity contribution in [1.29, 1.82) is 0 Å². The number of hydrogen-bond acceptors (Lipinski definition) is 7. The van der Waals surface area contributed by atoms with Gasteiger partial charge in [0.1, 0.15) is 30.0 Å². The van der Waals surface area contributed by atoms with Gasteiger partial charge in [-0.05, 0) is 26.2 Å². The van der Waals surface area contributed by atoms with E-state index in [0.29, 0.717) is 18.8 Å². The van der Waals surface area contributed by atoms with Crippen molar-refractivity contribution in [2.75, 3.05) is 49.1 Å². The zero-order valence-corrected chi connectivity index (χ0v) is 15.7. The molecule has 2 aromatic rings. The van der Waals surface area contributed by atoms with Gasteiger partial charge in [-0.1, -0.05) is 0 Å². The van der Waals surface area contributed by atoms with Gasteiger partial charge in [0.15, 0.2) is 0 Å². The summed E-state index contributed by atoms with van der Waals surface area (Å²) in [6.07, 6.45) is 8.53. The smallest absolute Gasteiger partial charge is 0.272 e. The Morgan fingerprint density at radius 1 is 0.889 bits per heavy atom. The largest absolute Gasteiger partial charge is 0.357 e. The van der Waals surface area contributed by atoms with Crippen LogP contribution in [0.3, 0.4) is 0 Å². The highest BCUT2D eigenvalue weighted by Crippen LogP contribution is 2.20. The van der Waals surface area contributed by atoms with E-state index in [1.165, 1.54) is 25.6 Å². The van der Waals surface area contributed by atoms with Gasteiger partial charge in [0.2, 0.25) is 0 Å². The molecule has 1 amide bonds. The van der Waals surface area contributed by atoms with Crippen molar-refractivity contribution in [2.24, 2.45) is 0 Å². The van der Waals surface area contributed by atoms with Crippen LogP contribution in [0.1, 0.15) is 35.3 Å². The first-order valence-corrected chi connectivity index (χ1v) is 9.60. The predicted molar refractivity (Wildman–Crippen MR) is 103 cm³/mol. The topological polar surface area (TPSA) is 78.4 Å². The Labute approximate surface area is 159 Å². The lowest BCUT2D eigenvalue weighted by atomic mass is 10.1. The first-order valence-electron chi connectivity index (χ1n) is 9.60. The zero-order valence-electron chi connectivity index (χ0n) is 15.7. The molecule has 0 unspecified atom stereocenters. The van der Waals surface area contributed by atoms with Gasteiger partial charge >= 0.3 is 0 Å². The minimum Gasteiger partial charge on any atom is -0.357 e. The van der Waals surface area contributed by atoms with Crippen molar-refractivity contribution < 1.29 is 4.79 Å². The van der Waals surface area contributed by atoms with E-state index >= 15 is 0 Å². The van der Waals surface area contributed by atoms with E-state index in [-0.39, 0.29) is 5.91 Å². The van der Waals surface area contributed by atoms with Crippen LogP contribution in [0.4, 0.5) is 11.6 Å². The fraction of sp³-hybridized carbons (Fsp3) is 0.526. The summed E-state index contributed by atoms with van der Waals surface area (Å²) in [4.78, 5) is 36.3. The van der Waals surface area contributed by atoms with Gasteiger partial charge in [0.25, 0.3) is 5.91 Å². The average Bonchev–Trinajstić information content (AvgIpc) is 2.74. The molecule has 2 aromatic heterocycles. The molecule has 0 aliphatic carbocycles. The summed E-state index contributed by atoms with van der Waals surface area (Å²) in [7, 11) is 0. The van der Waals surface area contributed by atoms with E-state index in [0.717, 1.165) is 43.4 Å². The summed E-state index contributed by atoms with van der Waals surface area (Å²) < 4.78 is 0. The molecule has 4 rings (SSSR count). The fourth-order valence-electron chi connectivity index (χ4n) is 3.77. The Morgan fingerprint density at radius 2 is 1.67 bits per heavy atom. The van der Waals surface area contributed by atoms with Crippen LogP contribution in [0.25, 0.3) is 0 Å². The fourth-order valence-corrected chi connectivity index (χ4v) is 3.77. The maximum Gasteiger partial charge on any atom is 0.272 e. The van der Waals surface area contributed by atoms with Crippen molar-refractivity contribution in [3.63, 3.8) is 0 Å². The minimum absolute atomic E-state index is 0.0188. The van der Waals surface area contributed by atoms with Gasteiger partial charge in [-0.25, -0.2) is 19.9 Å². The molecule has 8 nitrogen and oxygen atoms in total. The second-order valence-corrected chi connectivity index (χ2v) is 7.12. The van der Waals surface area contributed by atoms with Crippen LogP contribution >= 0.6 is 0 Å². The van der Waals surface area contributed by atoms with Crippen molar-refractivity contribution in [3.8, 4) is 0 Å². The third-order valence-corrected chi connectivity index (χ3v) is 5.29. The number of carbonyl (C=O) groups excluding carboxylic acids is 1. The molecule has 4 heterocycles. The van der Waals surface area contributed by atoms with Crippen LogP contribution in [0.2, 0.25) is 0 Å². The second kappa shape index (κ2) is 7.85. The monoisotopic (exact) mass is 367 g/mol. The Bertz CT molecular complexity index is 798. The number of rotatable bonds is 3. The first-order chi connectivity index (χ1) is 13.2. The number of aryl methyl sites for hydroxylation is 1. The molecule has 2 saturated heterocycles. The van der Waals surface area contributed by atoms with Crippen LogP contribution in [-0.2, 0) is 0 Å². The molecule has 0 saturated carbocycles. The molecule has 0 bridgehead atoms. The van der Waals surface area contributed by atoms with Crippen LogP contribution in [0.15, 0.2) is 24.9 Å². The third-order valence-electron chi connectivity index (χ3n) is 5.29. The number of hydrogen-bond donors (Lipinski definition) is 0. The number of anilines is 2. The molecule has 0 atom stereocenters. The van der Waals surface area contributed by atoms with Gasteiger partial charge in [-0.2, -0.15) is 0 Å². The van der Waals surface area contributed by atoms with Crippen molar-refractivity contribution in [3.05, 3.63) is 36.2 Å². The quantitative estimate of drug-likeness (QED) is 0.814. The Kier molecular flexibility index (Phi) is 5.13. The van der Waals surface area contributed by atoms with Crippen LogP contribution in [-0.4, -0.2) is 70.0 Å². The third kappa shape index (κ3) is 3.84. The Hall–Kier alpha value is -2.77. The lowest BCUT2D eigenvalue weighted by Crippen LogP contribution is -2.49. The van der Waals surface area contributed by atoms with Gasteiger partial charge < -0.3 is 14.7 Å². The highest BCUT2D eigenvalue weighted by Gasteiger charge is 2.25. The predicted octanol–water partition coefficient (Wildman–Crippen LogP) is 1.53. The van der Waals surface area contributed by atoms with E-state index in [1.807, 2.05) is 24.1 Å². The normalized spacial score (nSPS) is 17.9. The summed E-state index contributed by atoms with van der Waals surface area (Å²) in [5.41, 5.74) is 1.54. The molecule has 0 radical (unpaired) electrons. The Morgan fingerprint density at radius 3 is 2.41 bits per heavy atom. The number of nitrogens with zero attached hydrogens (tertiary/aromatic N) is 7. The number of piperazine rings is 1. The molecular weight excluding hydrogens is 342 g/mol. The van der Waals surface area contributed by atoms with Crippen LogP contribution < -0.4 is 9.80 Å². The van der Waals surface area contributed by atoms with E-state index in [4.69, 9.17) is 0 Å².